The third kappa shape index (κ3) is 5.61. The summed E-state index contributed by atoms with van der Waals surface area (Å²) in [7, 11) is 0. The maximum Gasteiger partial charge on any atom is 0.330 e. The number of benzene rings is 1. The van der Waals surface area contributed by atoms with Crippen molar-refractivity contribution in [2.75, 3.05) is 0 Å². The molecule has 3 N–H and O–H groups in total. The Kier molecular flexibility index (Phi) is 7.67. The van der Waals surface area contributed by atoms with E-state index in [1.807, 2.05) is 0 Å². The fourth-order valence-electron chi connectivity index (χ4n) is 1.40. The average Bonchev–Trinajstić information content (AvgIpc) is 2.38. The Morgan fingerprint density at radius 3 is 2.11 bits per heavy atom. The Morgan fingerprint density at radius 2 is 1.72 bits per heavy atom. The number of hydrogen-bond acceptors (Lipinski definition) is 3. The van der Waals surface area contributed by atoms with E-state index in [4.69, 9.17) is 15.6 Å². The van der Waals surface area contributed by atoms with Crippen LogP contribution in [0.15, 0.2) is 35.9 Å². The molecule has 0 atom stereocenters. The van der Waals surface area contributed by atoms with E-state index in [9.17, 15) is 4.79 Å². The first-order valence-electron chi connectivity index (χ1n) is 5.69. The van der Waals surface area contributed by atoms with Crippen molar-refractivity contribution < 1.29 is 20.4 Å². The Hall–Kier alpha value is -1.65. The minimum absolute atomic E-state index is 0.396. The first-order valence-corrected chi connectivity index (χ1v) is 5.69. The molecule has 4 nitrogen and oxygen atoms in total. The number of carboxylic acid groups (broad SMARTS) is 1. The molecule has 1 aromatic rings. The second-order valence-corrected chi connectivity index (χ2v) is 4.29. The molecule has 0 aliphatic rings. The van der Waals surface area contributed by atoms with Gasteiger partial charge in [-0.25, -0.2) is 4.79 Å². The third-order valence-electron chi connectivity index (χ3n) is 2.63. The molecule has 1 rings (SSSR count). The van der Waals surface area contributed by atoms with Crippen LogP contribution in [0.4, 0.5) is 0 Å². The lowest BCUT2D eigenvalue weighted by Crippen LogP contribution is -1.96. The van der Waals surface area contributed by atoms with E-state index in [0.717, 1.165) is 5.56 Å². The molecule has 0 saturated carbocycles. The van der Waals surface area contributed by atoms with Gasteiger partial charge in [-0.1, -0.05) is 44.2 Å². The quantitative estimate of drug-likeness (QED) is 0.436. The van der Waals surface area contributed by atoms with Crippen molar-refractivity contribution in [2.24, 2.45) is 0 Å². The molecule has 0 radical (unpaired) electrons. The van der Waals surface area contributed by atoms with E-state index < -0.39 is 5.97 Å². The van der Waals surface area contributed by atoms with Gasteiger partial charge >= 0.3 is 5.97 Å². The molecule has 0 aliphatic heterocycles. The maximum atomic E-state index is 10.6. The number of rotatable bonds is 4. The van der Waals surface area contributed by atoms with Crippen molar-refractivity contribution in [2.45, 2.75) is 33.1 Å². The van der Waals surface area contributed by atoms with Gasteiger partial charge in [-0.15, -0.1) is 0 Å². The zero-order chi connectivity index (χ0) is 14.1. The van der Waals surface area contributed by atoms with Gasteiger partial charge < -0.3 is 5.11 Å². The van der Waals surface area contributed by atoms with E-state index in [-0.39, 0.29) is 0 Å². The summed E-state index contributed by atoms with van der Waals surface area (Å²) in [6.07, 6.45) is 2.42. The molecule has 18 heavy (non-hydrogen) atoms. The number of carboxylic acids is 1. The van der Waals surface area contributed by atoms with Crippen LogP contribution in [0, 0.1) is 0 Å². The first-order chi connectivity index (χ1) is 8.50. The molecular formula is C14H20O4. The van der Waals surface area contributed by atoms with E-state index in [2.05, 4.69) is 38.1 Å². The van der Waals surface area contributed by atoms with Gasteiger partial charge in [0.2, 0.25) is 0 Å². The standard InChI is InChI=1S/C14H18O2.H2O2/c1-10(2)13-8-6-12(7-9-13)5-4-11(3)14(15)16;1-2/h4,6-10H,5H2,1-3H3,(H,15,16);1-2H. The summed E-state index contributed by atoms with van der Waals surface area (Å²) in [5.74, 6) is -0.316. The van der Waals surface area contributed by atoms with E-state index in [1.165, 1.54) is 5.56 Å². The largest absolute Gasteiger partial charge is 0.478 e. The highest BCUT2D eigenvalue weighted by Crippen LogP contribution is 2.15. The number of hydrogen-bond donors (Lipinski definition) is 3. The normalized spacial score (nSPS) is 10.9. The van der Waals surface area contributed by atoms with Crippen LogP contribution in [0.1, 0.15) is 37.8 Å². The SMILES string of the molecule is CC(=CCc1ccc(C(C)C)cc1)C(=O)O.OO. The van der Waals surface area contributed by atoms with Crippen molar-refractivity contribution >= 4 is 5.97 Å². The van der Waals surface area contributed by atoms with Gasteiger partial charge in [-0.2, -0.15) is 0 Å². The Labute approximate surface area is 107 Å². The first kappa shape index (κ1) is 16.4. The average molecular weight is 252 g/mol. The Bertz CT molecular complexity index is 391. The van der Waals surface area contributed by atoms with Crippen molar-refractivity contribution in [3.05, 3.63) is 47.0 Å². The van der Waals surface area contributed by atoms with Crippen LogP contribution >= 0.6 is 0 Å². The topological polar surface area (TPSA) is 77.8 Å². The monoisotopic (exact) mass is 252 g/mol. The maximum absolute atomic E-state index is 10.6. The molecule has 0 saturated heterocycles. The highest BCUT2D eigenvalue weighted by molar-refractivity contribution is 5.85. The summed E-state index contributed by atoms with van der Waals surface area (Å²) in [6.45, 7) is 5.93. The van der Waals surface area contributed by atoms with E-state index in [1.54, 1.807) is 13.0 Å². The minimum atomic E-state index is -0.848. The van der Waals surface area contributed by atoms with Crippen molar-refractivity contribution in [1.29, 1.82) is 0 Å². The summed E-state index contributed by atoms with van der Waals surface area (Å²) in [5.41, 5.74) is 2.85. The Balaban J connectivity index is 0.00000137. The predicted octanol–water partition coefficient (Wildman–Crippen LogP) is 3.40. The summed E-state index contributed by atoms with van der Waals surface area (Å²) < 4.78 is 0. The lowest BCUT2D eigenvalue weighted by molar-refractivity contribution is -0.176. The zero-order valence-corrected chi connectivity index (χ0v) is 10.9. The van der Waals surface area contributed by atoms with Crippen LogP contribution in [0.2, 0.25) is 0 Å². The lowest BCUT2D eigenvalue weighted by Gasteiger charge is -2.05. The molecule has 0 aliphatic carbocycles. The van der Waals surface area contributed by atoms with Gasteiger partial charge in [-0.3, -0.25) is 10.5 Å². The lowest BCUT2D eigenvalue weighted by atomic mass is 10.0. The van der Waals surface area contributed by atoms with Gasteiger partial charge in [0.05, 0.1) is 0 Å². The van der Waals surface area contributed by atoms with Crippen molar-refractivity contribution in [1.82, 2.24) is 0 Å². The second-order valence-electron chi connectivity index (χ2n) is 4.29. The molecule has 100 valence electrons. The van der Waals surface area contributed by atoms with Gasteiger partial charge in [0.25, 0.3) is 0 Å². The molecule has 1 aromatic carbocycles. The summed E-state index contributed by atoms with van der Waals surface area (Å²) in [5, 5.41) is 20.7. The number of carbonyl (C=O) groups is 1. The fraction of sp³-hybridized carbons (Fsp3) is 0.357. The van der Waals surface area contributed by atoms with Crippen molar-refractivity contribution in [3.63, 3.8) is 0 Å². The van der Waals surface area contributed by atoms with Gasteiger partial charge in [0, 0.05) is 5.57 Å². The Morgan fingerprint density at radius 1 is 1.22 bits per heavy atom. The van der Waals surface area contributed by atoms with Crippen LogP contribution in [-0.4, -0.2) is 21.6 Å². The zero-order valence-electron chi connectivity index (χ0n) is 10.9. The van der Waals surface area contributed by atoms with Gasteiger partial charge in [-0.05, 0) is 30.4 Å². The van der Waals surface area contributed by atoms with Gasteiger partial charge in [0.1, 0.15) is 0 Å². The smallest absolute Gasteiger partial charge is 0.330 e. The third-order valence-corrected chi connectivity index (χ3v) is 2.63. The summed E-state index contributed by atoms with van der Waals surface area (Å²) in [6, 6.07) is 8.32. The molecule has 4 heteroatoms. The molecule has 0 aromatic heterocycles. The molecular weight excluding hydrogens is 232 g/mol. The number of allylic oxidation sites excluding steroid dienone is 1. The second kappa shape index (κ2) is 8.44. The highest BCUT2D eigenvalue weighted by atomic mass is 17.0. The molecule has 0 fully saturated rings. The molecule has 0 unspecified atom stereocenters. The van der Waals surface area contributed by atoms with Gasteiger partial charge in [0.15, 0.2) is 0 Å². The molecule has 0 spiro atoms. The van der Waals surface area contributed by atoms with Crippen molar-refractivity contribution in [3.8, 4) is 0 Å². The van der Waals surface area contributed by atoms with Crippen LogP contribution < -0.4 is 0 Å². The van der Waals surface area contributed by atoms with Crippen LogP contribution in [0.25, 0.3) is 0 Å². The van der Waals surface area contributed by atoms with E-state index >= 15 is 0 Å². The fourth-order valence-corrected chi connectivity index (χ4v) is 1.40. The van der Waals surface area contributed by atoms with Crippen LogP contribution in [-0.2, 0) is 11.2 Å². The predicted molar refractivity (Wildman–Crippen MR) is 70.9 cm³/mol. The highest BCUT2D eigenvalue weighted by Gasteiger charge is 2.00. The molecule has 0 bridgehead atoms. The summed E-state index contributed by atoms with van der Waals surface area (Å²) >= 11 is 0. The minimum Gasteiger partial charge on any atom is -0.478 e. The molecule has 0 amide bonds. The number of aliphatic carboxylic acids is 1. The van der Waals surface area contributed by atoms with Crippen LogP contribution in [0.5, 0.6) is 0 Å². The summed E-state index contributed by atoms with van der Waals surface area (Å²) in [4.78, 5) is 10.6. The van der Waals surface area contributed by atoms with Crippen LogP contribution in [0.3, 0.4) is 0 Å². The van der Waals surface area contributed by atoms with E-state index in [0.29, 0.717) is 17.9 Å². The molecule has 0 heterocycles.